The summed E-state index contributed by atoms with van der Waals surface area (Å²) >= 11 is 2.54. The van der Waals surface area contributed by atoms with Gasteiger partial charge < -0.3 is 10.2 Å². The third-order valence-electron chi connectivity index (χ3n) is 4.42. The summed E-state index contributed by atoms with van der Waals surface area (Å²) in [4.78, 5) is 36.0. The number of benzene rings is 1. The highest BCUT2D eigenvalue weighted by molar-refractivity contribution is 7.99. The Bertz CT molecular complexity index is 1070. The van der Waals surface area contributed by atoms with Gasteiger partial charge in [-0.2, -0.15) is 4.98 Å². The summed E-state index contributed by atoms with van der Waals surface area (Å²) in [6.45, 7) is 1.90. The molecule has 0 unspecified atom stereocenters. The van der Waals surface area contributed by atoms with E-state index >= 15 is 0 Å². The molecular formula is C18H18FN5O2S2. The lowest BCUT2D eigenvalue weighted by Gasteiger charge is -2.11. The van der Waals surface area contributed by atoms with Crippen molar-refractivity contribution in [2.24, 2.45) is 7.05 Å². The fourth-order valence-electron chi connectivity index (χ4n) is 2.95. The maximum atomic E-state index is 12.9. The Hall–Kier alpha value is -2.46. The van der Waals surface area contributed by atoms with E-state index in [9.17, 15) is 14.0 Å². The second-order valence-electron chi connectivity index (χ2n) is 6.45. The number of halogens is 1. The Balaban J connectivity index is 1.50. The maximum Gasteiger partial charge on any atom is 0.273 e. The van der Waals surface area contributed by atoms with Crippen molar-refractivity contribution in [2.45, 2.75) is 18.0 Å². The number of nitrogens with one attached hydrogen (secondary N) is 1. The summed E-state index contributed by atoms with van der Waals surface area (Å²) in [6, 6.07) is 5.55. The standard InChI is InChI=1S/C18H18FN5O2S2/c1-23-16(26)14-15(22-18(28-14)24-8-2-3-9-24)21-17(23)27-10-13(25)20-12-6-4-11(19)5-7-12/h4-7H,2-3,8-10H2,1H3,(H,20,25). The summed E-state index contributed by atoms with van der Waals surface area (Å²) in [5.41, 5.74) is 0.782. The van der Waals surface area contributed by atoms with E-state index in [-0.39, 0.29) is 23.0 Å². The first-order chi connectivity index (χ1) is 13.5. The molecule has 10 heteroatoms. The van der Waals surface area contributed by atoms with E-state index in [1.165, 1.54) is 40.2 Å². The molecule has 1 saturated heterocycles. The number of carbonyl (C=O) groups excluding carboxylic acids is 1. The van der Waals surface area contributed by atoms with Crippen LogP contribution >= 0.6 is 23.1 Å². The second-order valence-corrected chi connectivity index (χ2v) is 8.37. The summed E-state index contributed by atoms with van der Waals surface area (Å²) in [5.74, 6) is -0.551. The number of thiazole rings is 1. The molecule has 1 N–H and O–H groups in total. The van der Waals surface area contributed by atoms with E-state index in [4.69, 9.17) is 0 Å². The predicted molar refractivity (Wildman–Crippen MR) is 110 cm³/mol. The third kappa shape index (κ3) is 3.88. The van der Waals surface area contributed by atoms with Gasteiger partial charge in [0.2, 0.25) is 5.91 Å². The van der Waals surface area contributed by atoms with E-state index < -0.39 is 0 Å². The van der Waals surface area contributed by atoms with Gasteiger partial charge in [-0.3, -0.25) is 14.2 Å². The zero-order valence-corrected chi connectivity index (χ0v) is 16.8. The molecule has 146 valence electrons. The van der Waals surface area contributed by atoms with Crippen molar-refractivity contribution in [3.05, 3.63) is 40.4 Å². The van der Waals surface area contributed by atoms with Crippen molar-refractivity contribution in [1.29, 1.82) is 0 Å². The van der Waals surface area contributed by atoms with Gasteiger partial charge in [-0.05, 0) is 37.1 Å². The lowest BCUT2D eigenvalue weighted by Crippen LogP contribution is -2.20. The molecule has 28 heavy (non-hydrogen) atoms. The number of rotatable bonds is 5. The number of hydrogen-bond donors (Lipinski definition) is 1. The van der Waals surface area contributed by atoms with E-state index in [1.807, 2.05) is 0 Å². The van der Waals surface area contributed by atoms with Crippen LogP contribution in [0.3, 0.4) is 0 Å². The van der Waals surface area contributed by atoms with Crippen LogP contribution in [-0.4, -0.2) is 39.3 Å². The Labute approximate surface area is 168 Å². The largest absolute Gasteiger partial charge is 0.348 e. The van der Waals surface area contributed by atoms with E-state index in [2.05, 4.69) is 20.2 Å². The number of aromatic nitrogens is 3. The second kappa shape index (κ2) is 7.88. The van der Waals surface area contributed by atoms with Gasteiger partial charge in [0.05, 0.1) is 5.75 Å². The van der Waals surface area contributed by atoms with Crippen molar-refractivity contribution in [2.75, 3.05) is 29.1 Å². The Morgan fingerprint density at radius 2 is 1.96 bits per heavy atom. The molecule has 2 aromatic heterocycles. The van der Waals surface area contributed by atoms with Crippen LogP contribution in [0, 0.1) is 5.82 Å². The average molecular weight is 420 g/mol. The molecule has 0 spiro atoms. The lowest BCUT2D eigenvalue weighted by atomic mass is 10.3. The highest BCUT2D eigenvalue weighted by Gasteiger charge is 2.20. The Kier molecular flexibility index (Phi) is 5.31. The van der Waals surface area contributed by atoms with Crippen LogP contribution < -0.4 is 15.8 Å². The van der Waals surface area contributed by atoms with Crippen molar-refractivity contribution in [3.63, 3.8) is 0 Å². The maximum absolute atomic E-state index is 12.9. The number of anilines is 2. The van der Waals surface area contributed by atoms with Gasteiger partial charge >= 0.3 is 0 Å². The molecule has 1 aliphatic rings. The van der Waals surface area contributed by atoms with E-state index in [0.29, 0.717) is 21.2 Å². The molecule has 4 rings (SSSR count). The van der Waals surface area contributed by atoms with Gasteiger partial charge in [0, 0.05) is 25.8 Å². The highest BCUT2D eigenvalue weighted by atomic mass is 32.2. The topological polar surface area (TPSA) is 80.1 Å². The minimum atomic E-state index is -0.364. The van der Waals surface area contributed by atoms with Gasteiger partial charge in [-0.1, -0.05) is 23.1 Å². The number of thioether (sulfide) groups is 1. The number of nitrogens with zero attached hydrogens (tertiary/aromatic N) is 4. The van der Waals surface area contributed by atoms with Gasteiger partial charge in [-0.15, -0.1) is 0 Å². The first-order valence-corrected chi connectivity index (χ1v) is 10.6. The fraction of sp³-hybridized carbons (Fsp3) is 0.333. The number of fused-ring (bicyclic) bond motifs is 1. The molecule has 7 nitrogen and oxygen atoms in total. The first kappa shape index (κ1) is 18.9. The smallest absolute Gasteiger partial charge is 0.273 e. The van der Waals surface area contributed by atoms with Crippen molar-refractivity contribution in [1.82, 2.24) is 14.5 Å². The van der Waals surface area contributed by atoms with Crippen LogP contribution in [0.15, 0.2) is 34.2 Å². The summed E-state index contributed by atoms with van der Waals surface area (Å²) in [7, 11) is 1.64. The minimum Gasteiger partial charge on any atom is -0.348 e. The first-order valence-electron chi connectivity index (χ1n) is 8.82. The number of amides is 1. The molecule has 0 aliphatic carbocycles. The highest BCUT2D eigenvalue weighted by Crippen LogP contribution is 2.29. The van der Waals surface area contributed by atoms with Crippen LogP contribution in [0.5, 0.6) is 0 Å². The van der Waals surface area contributed by atoms with E-state index in [0.717, 1.165) is 42.8 Å². The molecule has 0 atom stereocenters. The van der Waals surface area contributed by atoms with Crippen LogP contribution in [0.1, 0.15) is 12.8 Å². The van der Waals surface area contributed by atoms with Crippen molar-refractivity contribution >= 4 is 50.2 Å². The minimum absolute atomic E-state index is 0.0757. The average Bonchev–Trinajstić information content (AvgIpc) is 3.35. The van der Waals surface area contributed by atoms with Crippen LogP contribution in [0.2, 0.25) is 0 Å². The zero-order valence-electron chi connectivity index (χ0n) is 15.1. The monoisotopic (exact) mass is 419 g/mol. The molecular weight excluding hydrogens is 401 g/mol. The molecule has 0 radical (unpaired) electrons. The zero-order chi connectivity index (χ0) is 19.7. The van der Waals surface area contributed by atoms with Gasteiger partial charge in [0.15, 0.2) is 15.9 Å². The summed E-state index contributed by atoms with van der Waals surface area (Å²) < 4.78 is 14.9. The molecule has 3 heterocycles. The third-order valence-corrected chi connectivity index (χ3v) is 6.55. The van der Waals surface area contributed by atoms with Crippen molar-refractivity contribution < 1.29 is 9.18 Å². The van der Waals surface area contributed by atoms with Crippen LogP contribution in [0.25, 0.3) is 10.3 Å². The molecule has 3 aromatic rings. The molecule has 1 fully saturated rings. The SMILES string of the molecule is Cn1c(SCC(=O)Nc2ccc(F)cc2)nc2nc(N3CCCC3)sc2c1=O. The molecule has 0 bridgehead atoms. The Morgan fingerprint density at radius 3 is 2.68 bits per heavy atom. The van der Waals surface area contributed by atoms with E-state index in [1.54, 1.807) is 7.05 Å². The fourth-order valence-corrected chi connectivity index (χ4v) is 4.75. The predicted octanol–water partition coefficient (Wildman–Crippen LogP) is 2.86. The quantitative estimate of drug-likeness (QED) is 0.506. The van der Waals surface area contributed by atoms with Gasteiger partial charge in [-0.25, -0.2) is 9.37 Å². The number of hydrogen-bond acceptors (Lipinski definition) is 7. The molecule has 1 amide bonds. The van der Waals surface area contributed by atoms with Crippen molar-refractivity contribution in [3.8, 4) is 0 Å². The lowest BCUT2D eigenvalue weighted by molar-refractivity contribution is -0.113. The Morgan fingerprint density at radius 1 is 1.25 bits per heavy atom. The molecule has 0 saturated carbocycles. The summed E-state index contributed by atoms with van der Waals surface area (Å²) in [6.07, 6.45) is 2.26. The summed E-state index contributed by atoms with van der Waals surface area (Å²) in [5, 5.41) is 3.95. The van der Waals surface area contributed by atoms with Gasteiger partial charge in [0.25, 0.3) is 5.56 Å². The molecule has 1 aromatic carbocycles. The normalized spacial score (nSPS) is 14.0. The molecule has 1 aliphatic heterocycles. The van der Waals surface area contributed by atoms with Gasteiger partial charge in [0.1, 0.15) is 10.5 Å². The van der Waals surface area contributed by atoms with Crippen LogP contribution in [0.4, 0.5) is 15.2 Å². The van der Waals surface area contributed by atoms with Crippen LogP contribution in [-0.2, 0) is 11.8 Å². The number of carbonyl (C=O) groups is 1.